The van der Waals surface area contributed by atoms with Crippen LogP contribution in [-0.4, -0.2) is 0 Å². The van der Waals surface area contributed by atoms with E-state index in [0.717, 1.165) is 21.5 Å². The van der Waals surface area contributed by atoms with Crippen molar-refractivity contribution in [3.05, 3.63) is 69.9 Å². The average Bonchev–Trinajstić information content (AvgIpc) is 2.78. The second kappa shape index (κ2) is 4.78. The number of hydrogen-bond acceptors (Lipinski definition) is 1. The molecule has 0 spiro atoms. The number of rotatable bonds is 2. The van der Waals surface area contributed by atoms with E-state index in [0.29, 0.717) is 17.7 Å². The Bertz CT molecular complexity index is 749. The van der Waals surface area contributed by atoms with Crippen LogP contribution >= 0.6 is 15.9 Å². The highest BCUT2D eigenvalue weighted by Crippen LogP contribution is 2.28. The van der Waals surface area contributed by atoms with Crippen LogP contribution in [0.4, 0.5) is 8.78 Å². The molecule has 2 aromatic carbocycles. The van der Waals surface area contributed by atoms with Gasteiger partial charge in [0.25, 0.3) is 0 Å². The number of benzene rings is 2. The summed E-state index contributed by atoms with van der Waals surface area (Å²) in [5, 5.41) is 0.972. The predicted molar refractivity (Wildman–Crippen MR) is 73.1 cm³/mol. The lowest BCUT2D eigenvalue weighted by Gasteiger charge is -1.99. The van der Waals surface area contributed by atoms with Crippen molar-refractivity contribution in [3.8, 4) is 0 Å². The Morgan fingerprint density at radius 2 is 1.84 bits per heavy atom. The third-order valence-electron chi connectivity index (χ3n) is 2.92. The maximum Gasteiger partial charge on any atom is 0.159 e. The predicted octanol–water partition coefficient (Wildman–Crippen LogP) is 5.06. The summed E-state index contributed by atoms with van der Waals surface area (Å²) in [4.78, 5) is 0. The summed E-state index contributed by atoms with van der Waals surface area (Å²) < 4.78 is 32.6. The Kier molecular flexibility index (Phi) is 3.11. The highest BCUT2D eigenvalue weighted by atomic mass is 79.9. The molecule has 3 rings (SSSR count). The zero-order chi connectivity index (χ0) is 13.4. The Morgan fingerprint density at radius 1 is 1.00 bits per heavy atom. The van der Waals surface area contributed by atoms with Crippen molar-refractivity contribution in [1.29, 1.82) is 0 Å². The van der Waals surface area contributed by atoms with E-state index in [2.05, 4.69) is 15.9 Å². The Balaban J connectivity index is 1.96. The number of halogens is 3. The van der Waals surface area contributed by atoms with Gasteiger partial charge in [0.15, 0.2) is 11.6 Å². The van der Waals surface area contributed by atoms with Gasteiger partial charge in [0.1, 0.15) is 11.3 Å². The van der Waals surface area contributed by atoms with Crippen LogP contribution in [0.3, 0.4) is 0 Å². The molecule has 19 heavy (non-hydrogen) atoms. The molecule has 0 unspecified atom stereocenters. The normalized spacial score (nSPS) is 11.1. The van der Waals surface area contributed by atoms with Gasteiger partial charge in [-0.15, -0.1) is 0 Å². The van der Waals surface area contributed by atoms with Crippen LogP contribution in [-0.2, 0) is 6.42 Å². The lowest BCUT2D eigenvalue weighted by atomic mass is 10.1. The third-order valence-corrected chi connectivity index (χ3v) is 3.61. The van der Waals surface area contributed by atoms with Crippen LogP contribution in [0.2, 0.25) is 0 Å². The lowest BCUT2D eigenvalue weighted by Crippen LogP contribution is -1.90. The summed E-state index contributed by atoms with van der Waals surface area (Å²) in [6.07, 6.45) is 0.429. The lowest BCUT2D eigenvalue weighted by molar-refractivity contribution is 0.506. The molecule has 0 bridgehead atoms. The molecule has 0 atom stereocenters. The van der Waals surface area contributed by atoms with Crippen molar-refractivity contribution in [2.24, 2.45) is 0 Å². The summed E-state index contributed by atoms with van der Waals surface area (Å²) >= 11 is 3.45. The summed E-state index contributed by atoms with van der Waals surface area (Å²) in [5.41, 5.74) is 1.45. The molecule has 96 valence electrons. The second-order valence-corrected chi connectivity index (χ2v) is 5.14. The molecule has 0 saturated heterocycles. The van der Waals surface area contributed by atoms with E-state index in [9.17, 15) is 8.78 Å². The van der Waals surface area contributed by atoms with Gasteiger partial charge in [-0.2, -0.15) is 0 Å². The molecule has 0 N–H and O–H groups in total. The van der Waals surface area contributed by atoms with Crippen LogP contribution in [0.5, 0.6) is 0 Å². The monoisotopic (exact) mass is 322 g/mol. The van der Waals surface area contributed by atoms with Crippen molar-refractivity contribution >= 4 is 26.9 Å². The fraction of sp³-hybridized carbons (Fsp3) is 0.0667. The molecule has 0 radical (unpaired) electrons. The quantitative estimate of drug-likeness (QED) is 0.642. The highest BCUT2D eigenvalue weighted by Gasteiger charge is 2.09. The van der Waals surface area contributed by atoms with Gasteiger partial charge in [0.05, 0.1) is 0 Å². The van der Waals surface area contributed by atoms with E-state index in [4.69, 9.17) is 4.42 Å². The van der Waals surface area contributed by atoms with Gasteiger partial charge in [-0.25, -0.2) is 8.78 Å². The van der Waals surface area contributed by atoms with Crippen molar-refractivity contribution in [3.63, 3.8) is 0 Å². The van der Waals surface area contributed by atoms with Gasteiger partial charge in [-0.05, 0) is 35.9 Å². The molecule has 0 saturated carbocycles. The van der Waals surface area contributed by atoms with Gasteiger partial charge in [0.2, 0.25) is 0 Å². The largest absolute Gasteiger partial charge is 0.461 e. The fourth-order valence-corrected chi connectivity index (χ4v) is 2.48. The van der Waals surface area contributed by atoms with E-state index in [1.807, 2.05) is 24.3 Å². The molecule has 0 amide bonds. The molecule has 4 heteroatoms. The van der Waals surface area contributed by atoms with Crippen LogP contribution in [0.1, 0.15) is 11.3 Å². The summed E-state index contributed by atoms with van der Waals surface area (Å²) in [5.74, 6) is -0.959. The number of fused-ring (bicyclic) bond motifs is 1. The number of hydrogen-bond donors (Lipinski definition) is 0. The Hall–Kier alpha value is -1.68. The molecule has 0 aliphatic rings. The van der Waals surface area contributed by atoms with Crippen LogP contribution < -0.4 is 0 Å². The van der Waals surface area contributed by atoms with Crippen molar-refractivity contribution in [2.45, 2.75) is 6.42 Å². The first-order valence-corrected chi connectivity index (χ1v) is 6.53. The van der Waals surface area contributed by atoms with E-state index in [-0.39, 0.29) is 0 Å². The van der Waals surface area contributed by atoms with Crippen LogP contribution in [0, 0.1) is 11.6 Å². The molecule has 1 nitrogen and oxygen atoms in total. The van der Waals surface area contributed by atoms with Gasteiger partial charge < -0.3 is 4.42 Å². The molecule has 0 aliphatic carbocycles. The first kappa shape index (κ1) is 12.4. The first-order chi connectivity index (χ1) is 9.13. The van der Waals surface area contributed by atoms with E-state index in [1.54, 1.807) is 6.07 Å². The van der Waals surface area contributed by atoms with E-state index in [1.165, 1.54) is 6.07 Å². The molecule has 1 aromatic heterocycles. The van der Waals surface area contributed by atoms with Crippen LogP contribution in [0.15, 0.2) is 51.4 Å². The SMILES string of the molecule is Fc1ccc(Cc2cc3c(Br)cccc3o2)cc1F. The van der Waals surface area contributed by atoms with E-state index >= 15 is 0 Å². The molecular weight excluding hydrogens is 314 g/mol. The minimum absolute atomic E-state index is 0.429. The standard InChI is InChI=1S/C15H9BrF2O/c16-12-2-1-3-15-11(12)8-10(19-15)6-9-4-5-13(17)14(18)7-9/h1-5,7-8H,6H2. The van der Waals surface area contributed by atoms with Gasteiger partial charge in [-0.3, -0.25) is 0 Å². The molecular formula is C15H9BrF2O. The molecule has 0 fully saturated rings. The minimum atomic E-state index is -0.838. The minimum Gasteiger partial charge on any atom is -0.461 e. The zero-order valence-corrected chi connectivity index (χ0v) is 11.4. The van der Waals surface area contributed by atoms with Gasteiger partial charge in [-0.1, -0.05) is 28.1 Å². The topological polar surface area (TPSA) is 13.1 Å². The summed E-state index contributed by atoms with van der Waals surface area (Å²) in [6.45, 7) is 0. The first-order valence-electron chi connectivity index (χ1n) is 5.74. The zero-order valence-electron chi connectivity index (χ0n) is 9.79. The van der Waals surface area contributed by atoms with Crippen molar-refractivity contribution < 1.29 is 13.2 Å². The Labute approximate surface area is 117 Å². The maximum absolute atomic E-state index is 13.1. The van der Waals surface area contributed by atoms with Gasteiger partial charge in [0, 0.05) is 16.3 Å². The maximum atomic E-state index is 13.1. The second-order valence-electron chi connectivity index (χ2n) is 4.29. The number of furan rings is 1. The molecule has 0 aliphatic heterocycles. The third kappa shape index (κ3) is 2.40. The summed E-state index contributed by atoms with van der Waals surface area (Å²) in [7, 11) is 0. The average molecular weight is 323 g/mol. The van der Waals surface area contributed by atoms with Crippen molar-refractivity contribution in [2.75, 3.05) is 0 Å². The summed E-state index contributed by atoms with van der Waals surface area (Å²) in [6, 6.07) is 11.5. The van der Waals surface area contributed by atoms with Gasteiger partial charge >= 0.3 is 0 Å². The van der Waals surface area contributed by atoms with Crippen molar-refractivity contribution in [1.82, 2.24) is 0 Å². The molecule has 3 aromatic rings. The van der Waals surface area contributed by atoms with Crippen LogP contribution in [0.25, 0.3) is 11.0 Å². The van der Waals surface area contributed by atoms with E-state index < -0.39 is 11.6 Å². The highest BCUT2D eigenvalue weighted by molar-refractivity contribution is 9.10. The molecule has 1 heterocycles. The Morgan fingerprint density at radius 3 is 2.58 bits per heavy atom. The fourth-order valence-electron chi connectivity index (χ4n) is 2.02. The smallest absolute Gasteiger partial charge is 0.159 e.